The number of furan rings is 1. The quantitative estimate of drug-likeness (QED) is 0.389. The number of thioether (sulfide) groups is 1. The van der Waals surface area contributed by atoms with Crippen LogP contribution in [0.4, 0.5) is 5.69 Å². The Bertz CT molecular complexity index is 1140. The number of rotatable bonds is 3. The van der Waals surface area contributed by atoms with Gasteiger partial charge in [0.25, 0.3) is 0 Å². The second kappa shape index (κ2) is 7.21. The fourth-order valence-electron chi connectivity index (χ4n) is 3.60. The van der Waals surface area contributed by atoms with Crippen molar-refractivity contribution in [2.75, 3.05) is 7.11 Å². The fraction of sp³-hybridized carbons (Fsp3) is 0.125. The Morgan fingerprint density at radius 1 is 0.964 bits per heavy atom. The zero-order chi connectivity index (χ0) is 18.9. The molecule has 1 aliphatic heterocycles. The standard InChI is InChI=1S/C24H19NO2S/c1-26-21-12-6-3-9-17(21)24-15-19(25-18-10-4-7-13-23(18)28-24)22-14-16-8-2-5-11-20(16)27-22/h2-14,24H,15H2,1H3. The van der Waals surface area contributed by atoms with Crippen molar-refractivity contribution in [3.8, 4) is 5.75 Å². The number of aliphatic imine (C=N–C) groups is 1. The minimum absolute atomic E-state index is 0.187. The van der Waals surface area contributed by atoms with Crippen LogP contribution in [-0.2, 0) is 0 Å². The van der Waals surface area contributed by atoms with Crippen molar-refractivity contribution in [2.45, 2.75) is 16.6 Å². The van der Waals surface area contributed by atoms with Crippen LogP contribution >= 0.6 is 11.8 Å². The SMILES string of the molecule is COc1ccccc1C1CC(c2cc3ccccc3o2)=Nc2ccccc2S1. The highest BCUT2D eigenvalue weighted by molar-refractivity contribution is 7.99. The third-order valence-corrected chi connectivity index (χ3v) is 6.27. The lowest BCUT2D eigenvalue weighted by molar-refractivity contribution is 0.409. The van der Waals surface area contributed by atoms with Crippen LogP contribution in [-0.4, -0.2) is 12.8 Å². The van der Waals surface area contributed by atoms with E-state index in [0.717, 1.165) is 40.3 Å². The topological polar surface area (TPSA) is 34.7 Å². The van der Waals surface area contributed by atoms with E-state index in [1.165, 1.54) is 10.5 Å². The normalized spacial score (nSPS) is 16.3. The molecular weight excluding hydrogens is 366 g/mol. The van der Waals surface area contributed by atoms with Crippen LogP contribution in [0.15, 0.2) is 93.2 Å². The number of hydrogen-bond acceptors (Lipinski definition) is 4. The van der Waals surface area contributed by atoms with Crippen LogP contribution in [0.3, 0.4) is 0 Å². The highest BCUT2D eigenvalue weighted by atomic mass is 32.2. The average Bonchev–Trinajstić information content (AvgIpc) is 3.08. The molecule has 1 atom stereocenters. The van der Waals surface area contributed by atoms with Crippen LogP contribution in [0.25, 0.3) is 11.0 Å². The molecule has 4 heteroatoms. The van der Waals surface area contributed by atoms with Crippen LogP contribution in [0.5, 0.6) is 5.75 Å². The van der Waals surface area contributed by atoms with Crippen molar-refractivity contribution >= 4 is 34.1 Å². The summed E-state index contributed by atoms with van der Waals surface area (Å²) >= 11 is 1.83. The minimum Gasteiger partial charge on any atom is -0.496 e. The van der Waals surface area contributed by atoms with E-state index in [1.54, 1.807) is 7.11 Å². The van der Waals surface area contributed by atoms with Gasteiger partial charge in [0, 0.05) is 27.5 Å². The Labute approximate surface area is 168 Å². The summed E-state index contributed by atoms with van der Waals surface area (Å²) in [7, 11) is 1.72. The number of methoxy groups -OCH3 is 1. The summed E-state index contributed by atoms with van der Waals surface area (Å²) in [4.78, 5) is 6.17. The molecule has 0 bridgehead atoms. The van der Waals surface area contributed by atoms with Gasteiger partial charge >= 0.3 is 0 Å². The predicted molar refractivity (Wildman–Crippen MR) is 115 cm³/mol. The molecular formula is C24H19NO2S. The molecule has 1 unspecified atom stereocenters. The predicted octanol–water partition coefficient (Wildman–Crippen LogP) is 6.80. The molecule has 0 aliphatic carbocycles. The zero-order valence-corrected chi connectivity index (χ0v) is 16.3. The maximum atomic E-state index is 6.15. The number of fused-ring (bicyclic) bond motifs is 2. The van der Waals surface area contributed by atoms with E-state index in [9.17, 15) is 0 Å². The van der Waals surface area contributed by atoms with Gasteiger partial charge in [0.05, 0.1) is 18.5 Å². The van der Waals surface area contributed by atoms with Crippen LogP contribution in [0.2, 0.25) is 0 Å². The molecule has 0 radical (unpaired) electrons. The van der Waals surface area contributed by atoms with E-state index in [1.807, 2.05) is 48.2 Å². The van der Waals surface area contributed by atoms with Crippen molar-refractivity contribution < 1.29 is 9.15 Å². The van der Waals surface area contributed by atoms with Gasteiger partial charge in [0.15, 0.2) is 0 Å². The van der Waals surface area contributed by atoms with Gasteiger partial charge in [-0.2, -0.15) is 0 Å². The summed E-state index contributed by atoms with van der Waals surface area (Å²) in [5, 5.41) is 1.28. The molecule has 0 spiro atoms. The lowest BCUT2D eigenvalue weighted by Gasteiger charge is -2.18. The van der Waals surface area contributed by atoms with Crippen molar-refractivity contribution in [1.29, 1.82) is 0 Å². The highest BCUT2D eigenvalue weighted by Crippen LogP contribution is 2.47. The van der Waals surface area contributed by atoms with Crippen LogP contribution in [0, 0.1) is 0 Å². The van der Waals surface area contributed by atoms with E-state index >= 15 is 0 Å². The number of nitrogens with zero attached hydrogens (tertiary/aromatic N) is 1. The summed E-state index contributed by atoms with van der Waals surface area (Å²) in [5.74, 6) is 1.74. The van der Waals surface area contributed by atoms with E-state index in [4.69, 9.17) is 14.1 Å². The fourth-order valence-corrected chi connectivity index (χ4v) is 4.86. The van der Waals surface area contributed by atoms with Gasteiger partial charge < -0.3 is 9.15 Å². The molecule has 3 nitrogen and oxygen atoms in total. The minimum atomic E-state index is 0.187. The maximum Gasteiger partial charge on any atom is 0.149 e. The van der Waals surface area contributed by atoms with Crippen LogP contribution < -0.4 is 4.74 Å². The van der Waals surface area contributed by atoms with E-state index < -0.39 is 0 Å². The van der Waals surface area contributed by atoms with Crippen LogP contribution in [0.1, 0.15) is 23.0 Å². The zero-order valence-electron chi connectivity index (χ0n) is 15.5. The van der Waals surface area contributed by atoms with Crippen molar-refractivity contribution in [2.24, 2.45) is 4.99 Å². The van der Waals surface area contributed by atoms with Gasteiger partial charge in [0.2, 0.25) is 0 Å². The Morgan fingerprint density at radius 3 is 2.64 bits per heavy atom. The van der Waals surface area contributed by atoms with Gasteiger partial charge in [-0.3, -0.25) is 0 Å². The molecule has 1 aromatic heterocycles. The number of ether oxygens (including phenoxy) is 1. The molecule has 2 heterocycles. The Balaban J connectivity index is 1.64. The van der Waals surface area contributed by atoms with Gasteiger partial charge in [-0.15, -0.1) is 11.8 Å². The first-order valence-corrected chi connectivity index (χ1v) is 10.1. The molecule has 0 fully saturated rings. The average molecular weight is 385 g/mol. The Hall–Kier alpha value is -2.98. The van der Waals surface area contributed by atoms with Crippen molar-refractivity contribution in [3.05, 3.63) is 90.2 Å². The molecule has 5 rings (SSSR count). The third-order valence-electron chi connectivity index (χ3n) is 4.96. The number of hydrogen-bond donors (Lipinski definition) is 0. The van der Waals surface area contributed by atoms with E-state index in [-0.39, 0.29) is 5.25 Å². The summed E-state index contributed by atoms with van der Waals surface area (Å²) in [5.41, 5.74) is 4.01. The van der Waals surface area contributed by atoms with Gasteiger partial charge in [-0.05, 0) is 30.3 Å². The summed E-state index contributed by atoms with van der Waals surface area (Å²) in [6, 6.07) is 26.7. The van der Waals surface area contributed by atoms with Crippen molar-refractivity contribution in [1.82, 2.24) is 0 Å². The molecule has 3 aromatic carbocycles. The van der Waals surface area contributed by atoms with Gasteiger partial charge in [-0.1, -0.05) is 48.5 Å². The molecule has 138 valence electrons. The maximum absolute atomic E-state index is 6.15. The molecule has 0 saturated carbocycles. The third kappa shape index (κ3) is 3.10. The number of benzene rings is 3. The monoisotopic (exact) mass is 385 g/mol. The molecule has 0 saturated heterocycles. The second-order valence-corrected chi connectivity index (χ2v) is 7.97. The van der Waals surface area contributed by atoms with E-state index in [2.05, 4.69) is 42.5 Å². The Kier molecular flexibility index (Phi) is 4.41. The number of para-hydroxylation sites is 3. The summed E-state index contributed by atoms with van der Waals surface area (Å²) in [6.45, 7) is 0. The van der Waals surface area contributed by atoms with Gasteiger partial charge in [0.1, 0.15) is 17.1 Å². The molecule has 1 aliphatic rings. The lowest BCUT2D eigenvalue weighted by Crippen LogP contribution is -2.05. The second-order valence-electron chi connectivity index (χ2n) is 6.73. The molecule has 0 amide bonds. The van der Waals surface area contributed by atoms with Crippen molar-refractivity contribution in [3.63, 3.8) is 0 Å². The summed E-state index contributed by atoms with van der Waals surface area (Å²) in [6.07, 6.45) is 0.763. The van der Waals surface area contributed by atoms with E-state index in [0.29, 0.717) is 0 Å². The first-order chi connectivity index (χ1) is 13.8. The molecule has 4 aromatic rings. The first-order valence-electron chi connectivity index (χ1n) is 9.27. The lowest BCUT2D eigenvalue weighted by atomic mass is 10.0. The smallest absolute Gasteiger partial charge is 0.149 e. The summed E-state index contributed by atoms with van der Waals surface area (Å²) < 4.78 is 11.8. The molecule has 28 heavy (non-hydrogen) atoms. The molecule has 0 N–H and O–H groups in total. The highest BCUT2D eigenvalue weighted by Gasteiger charge is 2.26. The first kappa shape index (κ1) is 17.1. The Morgan fingerprint density at radius 2 is 1.75 bits per heavy atom. The largest absolute Gasteiger partial charge is 0.496 e. The van der Waals surface area contributed by atoms with Gasteiger partial charge in [-0.25, -0.2) is 4.99 Å².